The van der Waals surface area contributed by atoms with Crippen LogP contribution >= 0.6 is 0 Å². The van der Waals surface area contributed by atoms with Crippen LogP contribution < -0.4 is 10.9 Å². The van der Waals surface area contributed by atoms with Crippen LogP contribution in [0.5, 0.6) is 0 Å². The normalized spacial score (nSPS) is 17.1. The van der Waals surface area contributed by atoms with Crippen molar-refractivity contribution in [2.45, 2.75) is 25.4 Å². The molecule has 2 amide bonds. The number of alkyl halides is 3. The molecule has 0 saturated carbocycles. The van der Waals surface area contributed by atoms with Crippen LogP contribution in [0, 0.1) is 5.92 Å². The van der Waals surface area contributed by atoms with Crippen LogP contribution in [0.15, 0.2) is 47.4 Å². The number of likely N-dealkylation sites (tertiary alicyclic amines) is 1. The number of H-pyrrole nitrogens is 1. The number of aromatic amines is 1. The summed E-state index contributed by atoms with van der Waals surface area (Å²) in [6, 6.07) is 9.81. The molecule has 0 radical (unpaired) electrons. The molecule has 0 bridgehead atoms. The van der Waals surface area contributed by atoms with Gasteiger partial charge < -0.3 is 15.2 Å². The van der Waals surface area contributed by atoms with Gasteiger partial charge in [-0.3, -0.25) is 14.4 Å². The first kappa shape index (κ1) is 20.6. The molecule has 1 aromatic carbocycles. The van der Waals surface area contributed by atoms with Gasteiger partial charge in [0.05, 0.1) is 17.9 Å². The van der Waals surface area contributed by atoms with Gasteiger partial charge in [0, 0.05) is 19.3 Å². The van der Waals surface area contributed by atoms with E-state index < -0.39 is 34.8 Å². The number of anilines is 1. The molecule has 1 unspecified atom stereocenters. The van der Waals surface area contributed by atoms with Crippen molar-refractivity contribution in [3.05, 3.63) is 64.1 Å². The van der Waals surface area contributed by atoms with E-state index >= 15 is 0 Å². The number of rotatable bonds is 4. The number of amides is 2. The fourth-order valence-electron chi connectivity index (χ4n) is 3.28. The maximum atomic E-state index is 12.8. The number of hydrogen-bond acceptors (Lipinski definition) is 3. The molecule has 0 spiro atoms. The minimum atomic E-state index is -4.64. The fourth-order valence-corrected chi connectivity index (χ4v) is 3.28. The van der Waals surface area contributed by atoms with E-state index in [1.807, 2.05) is 35.3 Å². The molecule has 2 heterocycles. The second-order valence-corrected chi connectivity index (χ2v) is 6.96. The van der Waals surface area contributed by atoms with Gasteiger partial charge in [-0.1, -0.05) is 30.3 Å². The molecule has 6 nitrogen and oxygen atoms in total. The Morgan fingerprint density at radius 2 is 1.93 bits per heavy atom. The lowest BCUT2D eigenvalue weighted by atomic mass is 9.96. The third kappa shape index (κ3) is 5.24. The highest BCUT2D eigenvalue weighted by molar-refractivity contribution is 5.93. The molecular formula is C20H20F3N3O3. The van der Waals surface area contributed by atoms with Crippen LogP contribution in [-0.2, 0) is 22.2 Å². The Bertz CT molecular complexity index is 941. The highest BCUT2D eigenvalue weighted by Crippen LogP contribution is 2.29. The molecule has 29 heavy (non-hydrogen) atoms. The summed E-state index contributed by atoms with van der Waals surface area (Å²) >= 11 is 0. The van der Waals surface area contributed by atoms with Crippen molar-refractivity contribution >= 4 is 17.5 Å². The van der Waals surface area contributed by atoms with E-state index in [1.54, 1.807) is 4.90 Å². The number of carbonyl (C=O) groups is 2. The largest absolute Gasteiger partial charge is 0.417 e. The number of pyridine rings is 1. The van der Waals surface area contributed by atoms with Crippen LogP contribution in [0.2, 0.25) is 0 Å². The standard InChI is InChI=1S/C20H20F3N3O3/c21-20(22,23)15-10-16(19(29)24-11-15)25-18(28)14-7-4-8-26(12-14)17(27)9-13-5-2-1-3-6-13/h1-3,5-6,10-11,14H,4,7-9,12H2,(H,24,29)(H,25,28). The monoisotopic (exact) mass is 407 g/mol. The predicted octanol–water partition coefficient (Wildman–Crippen LogP) is 2.81. The molecule has 0 aliphatic carbocycles. The highest BCUT2D eigenvalue weighted by atomic mass is 19.4. The topological polar surface area (TPSA) is 82.3 Å². The number of nitrogens with zero attached hydrogens (tertiary/aromatic N) is 1. The van der Waals surface area contributed by atoms with E-state index in [0.29, 0.717) is 31.6 Å². The summed E-state index contributed by atoms with van der Waals surface area (Å²) in [6.07, 6.45) is -2.80. The molecule has 9 heteroatoms. The first-order valence-electron chi connectivity index (χ1n) is 9.16. The summed E-state index contributed by atoms with van der Waals surface area (Å²) in [5.41, 5.74) is -1.48. The molecule has 1 saturated heterocycles. The number of hydrogen-bond donors (Lipinski definition) is 2. The Balaban J connectivity index is 1.66. The SMILES string of the molecule is O=C(Nc1cc(C(F)(F)F)c[nH]c1=O)C1CCCN(C(=O)Cc2ccccc2)C1. The molecule has 1 aliphatic rings. The van der Waals surface area contributed by atoms with Crippen LogP contribution in [0.4, 0.5) is 18.9 Å². The van der Waals surface area contributed by atoms with E-state index in [9.17, 15) is 27.6 Å². The van der Waals surface area contributed by atoms with Crippen molar-refractivity contribution in [2.75, 3.05) is 18.4 Å². The summed E-state index contributed by atoms with van der Waals surface area (Å²) < 4.78 is 38.5. The van der Waals surface area contributed by atoms with Crippen molar-refractivity contribution in [2.24, 2.45) is 5.92 Å². The van der Waals surface area contributed by atoms with Gasteiger partial charge in [-0.25, -0.2) is 0 Å². The van der Waals surface area contributed by atoms with Crippen molar-refractivity contribution in [3.63, 3.8) is 0 Å². The van der Waals surface area contributed by atoms with Crippen molar-refractivity contribution < 1.29 is 22.8 Å². The Hall–Kier alpha value is -3.10. The lowest BCUT2D eigenvalue weighted by Crippen LogP contribution is -2.44. The number of aromatic nitrogens is 1. The van der Waals surface area contributed by atoms with Crippen LogP contribution in [0.25, 0.3) is 0 Å². The summed E-state index contributed by atoms with van der Waals surface area (Å²) in [7, 11) is 0. The summed E-state index contributed by atoms with van der Waals surface area (Å²) in [5, 5.41) is 2.28. The van der Waals surface area contributed by atoms with Gasteiger partial charge in [0.25, 0.3) is 5.56 Å². The van der Waals surface area contributed by atoms with Gasteiger partial charge in [0.15, 0.2) is 0 Å². The van der Waals surface area contributed by atoms with Gasteiger partial charge in [-0.2, -0.15) is 13.2 Å². The van der Waals surface area contributed by atoms with Crippen LogP contribution in [0.1, 0.15) is 24.0 Å². The summed E-state index contributed by atoms with van der Waals surface area (Å²) in [5.74, 6) is -1.30. The molecule has 1 fully saturated rings. The molecule has 1 aliphatic heterocycles. The van der Waals surface area contributed by atoms with Gasteiger partial charge in [-0.15, -0.1) is 0 Å². The lowest BCUT2D eigenvalue weighted by molar-refractivity contribution is -0.138. The third-order valence-electron chi connectivity index (χ3n) is 4.83. The second kappa shape index (κ2) is 8.50. The quantitative estimate of drug-likeness (QED) is 0.818. The first-order chi connectivity index (χ1) is 13.7. The number of nitrogens with one attached hydrogen (secondary N) is 2. The minimum absolute atomic E-state index is 0.120. The molecule has 1 atom stereocenters. The Labute approximate surface area is 164 Å². The number of carbonyl (C=O) groups excluding carboxylic acids is 2. The smallest absolute Gasteiger partial charge is 0.342 e. The summed E-state index contributed by atoms with van der Waals surface area (Å²) in [6.45, 7) is 0.675. The number of benzene rings is 1. The second-order valence-electron chi connectivity index (χ2n) is 6.96. The van der Waals surface area contributed by atoms with Crippen LogP contribution in [0.3, 0.4) is 0 Å². The summed E-state index contributed by atoms with van der Waals surface area (Å²) in [4.78, 5) is 40.4. The van der Waals surface area contributed by atoms with Crippen molar-refractivity contribution in [3.8, 4) is 0 Å². The molecular weight excluding hydrogens is 387 g/mol. The fraction of sp³-hybridized carbons (Fsp3) is 0.350. The lowest BCUT2D eigenvalue weighted by Gasteiger charge is -2.32. The Kier molecular flexibility index (Phi) is 6.05. The van der Waals surface area contributed by atoms with E-state index in [4.69, 9.17) is 0 Å². The van der Waals surface area contributed by atoms with E-state index in [0.717, 1.165) is 5.56 Å². The van der Waals surface area contributed by atoms with Gasteiger partial charge >= 0.3 is 6.18 Å². The molecule has 2 aromatic rings. The predicted molar refractivity (Wildman–Crippen MR) is 100 cm³/mol. The highest BCUT2D eigenvalue weighted by Gasteiger charge is 2.32. The zero-order valence-electron chi connectivity index (χ0n) is 15.5. The van der Waals surface area contributed by atoms with E-state index in [2.05, 4.69) is 5.32 Å². The molecule has 2 N–H and O–H groups in total. The third-order valence-corrected chi connectivity index (χ3v) is 4.83. The number of piperidine rings is 1. The average Bonchev–Trinajstić information content (AvgIpc) is 2.69. The first-order valence-corrected chi connectivity index (χ1v) is 9.16. The maximum Gasteiger partial charge on any atom is 0.417 e. The van der Waals surface area contributed by atoms with Crippen molar-refractivity contribution in [1.82, 2.24) is 9.88 Å². The Morgan fingerprint density at radius 3 is 2.62 bits per heavy atom. The van der Waals surface area contributed by atoms with Crippen LogP contribution in [-0.4, -0.2) is 34.8 Å². The van der Waals surface area contributed by atoms with Gasteiger partial charge in [0.1, 0.15) is 5.69 Å². The van der Waals surface area contributed by atoms with Gasteiger partial charge in [0.2, 0.25) is 11.8 Å². The van der Waals surface area contributed by atoms with Gasteiger partial charge in [-0.05, 0) is 24.5 Å². The molecule has 3 rings (SSSR count). The maximum absolute atomic E-state index is 12.8. The van der Waals surface area contributed by atoms with E-state index in [-0.39, 0.29) is 18.9 Å². The van der Waals surface area contributed by atoms with E-state index in [1.165, 1.54) is 0 Å². The molecule has 154 valence electrons. The Morgan fingerprint density at radius 1 is 1.21 bits per heavy atom. The zero-order chi connectivity index (χ0) is 21.0. The van der Waals surface area contributed by atoms with Crippen molar-refractivity contribution in [1.29, 1.82) is 0 Å². The average molecular weight is 407 g/mol. The molecule has 1 aromatic heterocycles. The zero-order valence-corrected chi connectivity index (χ0v) is 15.5. The minimum Gasteiger partial charge on any atom is -0.342 e. The number of halogens is 3.